The summed E-state index contributed by atoms with van der Waals surface area (Å²) in [6, 6.07) is 8.81. The standard InChI is InChI=1S/C22H25N2Se.ClH/c1-16-14-19(17-6-10-20(11-7-17)23(2)3)15-22(25-16)18-8-12-21(13-9-18)24(4)5;/h6-15H,1-5H3;1H/q+1;/p-1. The Morgan fingerprint density at radius 3 is 2.04 bits per heavy atom. The zero-order chi connectivity index (χ0) is 18.0. The molecule has 0 N–H and O–H groups in total. The molecular weight excluding hydrogens is 407 g/mol. The van der Waals surface area contributed by atoms with Crippen molar-refractivity contribution in [3.05, 3.63) is 80.8 Å². The number of nitrogens with zero attached hydrogens (tertiary/aromatic N) is 2. The van der Waals surface area contributed by atoms with E-state index >= 15 is 0 Å². The average molecular weight is 432 g/mol. The second kappa shape index (κ2) is 8.72. The van der Waals surface area contributed by atoms with Crippen molar-refractivity contribution in [3.63, 3.8) is 0 Å². The van der Waals surface area contributed by atoms with E-state index in [1.165, 1.54) is 37.1 Å². The molecule has 0 bridgehead atoms. The number of hydrogen-bond acceptors (Lipinski definition) is 1. The Bertz CT molecular complexity index is 844. The first-order valence-corrected chi connectivity index (χ1v) is 10.2. The van der Waals surface area contributed by atoms with Gasteiger partial charge in [0.15, 0.2) is 0 Å². The van der Waals surface area contributed by atoms with Crippen molar-refractivity contribution < 1.29 is 17.0 Å². The Kier molecular flexibility index (Phi) is 6.88. The Hall–Kier alpha value is -1.80. The molecule has 26 heavy (non-hydrogen) atoms. The van der Waals surface area contributed by atoms with Crippen molar-refractivity contribution in [2.75, 3.05) is 33.1 Å². The predicted molar refractivity (Wildman–Crippen MR) is 111 cm³/mol. The van der Waals surface area contributed by atoms with E-state index in [-0.39, 0.29) is 12.4 Å². The van der Waals surface area contributed by atoms with Gasteiger partial charge >= 0.3 is 157 Å². The van der Waals surface area contributed by atoms with Crippen LogP contribution in [0.2, 0.25) is 0 Å². The van der Waals surface area contributed by atoms with Gasteiger partial charge in [-0.25, -0.2) is 0 Å². The van der Waals surface area contributed by atoms with Crippen molar-refractivity contribution >= 4 is 31.9 Å². The first-order chi connectivity index (χ1) is 11.9. The molecule has 1 aromatic carbocycles. The van der Waals surface area contributed by atoms with Crippen molar-refractivity contribution in [2.45, 2.75) is 6.92 Å². The molecule has 0 amide bonds. The maximum Gasteiger partial charge on any atom is -1.00 e. The largest absolute Gasteiger partial charge is 1.00 e. The maximum atomic E-state index is 2.36. The zero-order valence-electron chi connectivity index (χ0n) is 16.0. The molecule has 1 heterocycles. The quantitative estimate of drug-likeness (QED) is 0.497. The number of halogens is 1. The molecule has 0 spiro atoms. The maximum absolute atomic E-state index is 2.36. The molecule has 0 aromatic heterocycles. The van der Waals surface area contributed by atoms with Gasteiger partial charge in [-0.1, -0.05) is 0 Å². The molecule has 136 valence electrons. The molecule has 3 rings (SSSR count). The number of hydrogen-bond donors (Lipinski definition) is 0. The van der Waals surface area contributed by atoms with Gasteiger partial charge in [-0.05, 0) is 0 Å². The van der Waals surface area contributed by atoms with E-state index < -0.39 is 0 Å². The van der Waals surface area contributed by atoms with Crippen LogP contribution in [-0.4, -0.2) is 53.4 Å². The number of allylic oxidation sites excluding steroid dienone is 10. The minimum atomic E-state index is 0. The number of anilines is 1. The molecular formula is C22H25ClN2Se. The second-order valence-electron chi connectivity index (χ2n) is 6.70. The van der Waals surface area contributed by atoms with E-state index in [0.29, 0.717) is 15.0 Å². The van der Waals surface area contributed by atoms with Crippen molar-refractivity contribution in [1.29, 1.82) is 0 Å². The SMILES string of the molecule is CC1=CC(c2ccc(N(C)C)cc2)=CC(=C2C=CC(=[N+](C)C)C=C2)[Se]1.[Cl-]. The normalized spacial score (nSPS) is 16.1. The monoisotopic (exact) mass is 432 g/mol. The topological polar surface area (TPSA) is 6.25 Å². The third-order valence-corrected chi connectivity index (χ3v) is 6.43. The number of benzene rings is 1. The molecule has 2 aliphatic rings. The van der Waals surface area contributed by atoms with Crippen LogP contribution >= 0.6 is 0 Å². The fourth-order valence-corrected chi connectivity index (χ4v) is 4.86. The minimum absolute atomic E-state index is 0. The summed E-state index contributed by atoms with van der Waals surface area (Å²) in [6.07, 6.45) is 13.6. The molecule has 0 atom stereocenters. The minimum Gasteiger partial charge on any atom is -1.00 e. The Morgan fingerprint density at radius 2 is 1.50 bits per heavy atom. The molecule has 0 fully saturated rings. The van der Waals surface area contributed by atoms with Crippen LogP contribution in [0.4, 0.5) is 5.69 Å². The van der Waals surface area contributed by atoms with Crippen LogP contribution in [0.3, 0.4) is 0 Å². The molecule has 0 saturated heterocycles. The third-order valence-electron chi connectivity index (χ3n) is 4.30. The molecule has 0 saturated carbocycles. The van der Waals surface area contributed by atoms with E-state index in [2.05, 4.69) is 105 Å². The van der Waals surface area contributed by atoms with Crippen molar-refractivity contribution in [1.82, 2.24) is 0 Å². The second-order valence-corrected chi connectivity index (χ2v) is 9.41. The summed E-state index contributed by atoms with van der Waals surface area (Å²) in [5, 5.41) is 0. The summed E-state index contributed by atoms with van der Waals surface area (Å²) < 4.78 is 5.05. The average Bonchev–Trinajstić information content (AvgIpc) is 2.61. The van der Waals surface area contributed by atoms with Gasteiger partial charge in [-0.2, -0.15) is 0 Å². The van der Waals surface area contributed by atoms with E-state index in [0.717, 1.165) is 0 Å². The van der Waals surface area contributed by atoms with Gasteiger partial charge in [0, 0.05) is 0 Å². The summed E-state index contributed by atoms with van der Waals surface area (Å²) in [4.78, 5) is 2.13. The Balaban J connectivity index is 0.00000243. The van der Waals surface area contributed by atoms with E-state index in [9.17, 15) is 0 Å². The van der Waals surface area contributed by atoms with Gasteiger partial charge in [0.1, 0.15) is 0 Å². The number of rotatable bonds is 2. The molecule has 4 heteroatoms. The van der Waals surface area contributed by atoms with Crippen molar-refractivity contribution in [2.24, 2.45) is 0 Å². The first-order valence-electron chi connectivity index (χ1n) is 8.44. The fourth-order valence-electron chi connectivity index (χ4n) is 2.82. The summed E-state index contributed by atoms with van der Waals surface area (Å²) in [7, 11) is 8.30. The third kappa shape index (κ3) is 4.67. The zero-order valence-corrected chi connectivity index (χ0v) is 18.4. The summed E-state index contributed by atoms with van der Waals surface area (Å²) in [5.41, 5.74) is 6.39. The molecule has 2 nitrogen and oxygen atoms in total. The predicted octanol–water partition coefficient (Wildman–Crippen LogP) is 0.855. The van der Waals surface area contributed by atoms with Crippen LogP contribution < -0.4 is 17.3 Å². The van der Waals surface area contributed by atoms with Crippen LogP contribution in [-0.2, 0) is 0 Å². The van der Waals surface area contributed by atoms with Gasteiger partial charge in [0.25, 0.3) is 0 Å². The van der Waals surface area contributed by atoms with Crippen LogP contribution in [0.1, 0.15) is 12.5 Å². The van der Waals surface area contributed by atoms with E-state index in [1.807, 2.05) is 0 Å². The van der Waals surface area contributed by atoms with Gasteiger partial charge in [-0.15, -0.1) is 0 Å². The molecule has 0 radical (unpaired) electrons. The van der Waals surface area contributed by atoms with Gasteiger partial charge in [0.05, 0.1) is 0 Å². The molecule has 1 aromatic rings. The first kappa shape index (κ1) is 20.5. The van der Waals surface area contributed by atoms with Crippen molar-refractivity contribution in [3.8, 4) is 0 Å². The smallest absolute Gasteiger partial charge is 1.00 e. The fraction of sp³-hybridized carbons (Fsp3) is 0.227. The van der Waals surface area contributed by atoms with Gasteiger partial charge in [-0.3, -0.25) is 0 Å². The summed E-state index contributed by atoms with van der Waals surface area (Å²) in [5.74, 6) is 0. The van der Waals surface area contributed by atoms with E-state index in [1.54, 1.807) is 0 Å². The van der Waals surface area contributed by atoms with Gasteiger partial charge in [0.2, 0.25) is 0 Å². The van der Waals surface area contributed by atoms with Crippen LogP contribution in [0, 0.1) is 0 Å². The van der Waals surface area contributed by atoms with Gasteiger partial charge < -0.3 is 12.4 Å². The van der Waals surface area contributed by atoms with Crippen LogP contribution in [0.15, 0.2) is 75.2 Å². The van der Waals surface area contributed by atoms with E-state index in [4.69, 9.17) is 0 Å². The summed E-state index contributed by atoms with van der Waals surface area (Å²) >= 11 is 0.396. The summed E-state index contributed by atoms with van der Waals surface area (Å²) in [6.45, 7) is 2.25. The molecule has 1 aliphatic carbocycles. The Morgan fingerprint density at radius 1 is 0.885 bits per heavy atom. The van der Waals surface area contributed by atoms with Crippen LogP contribution in [0.5, 0.6) is 0 Å². The van der Waals surface area contributed by atoms with Crippen LogP contribution in [0.25, 0.3) is 5.57 Å². The molecule has 1 aliphatic heterocycles. The molecule has 0 unspecified atom stereocenters. The Labute approximate surface area is 169 Å².